The Balaban J connectivity index is 2.83. The first-order valence-corrected chi connectivity index (χ1v) is 6.96. The molecule has 3 nitrogen and oxygen atoms in total. The van der Waals surface area contributed by atoms with Crippen LogP contribution in [0.5, 0.6) is 0 Å². The van der Waals surface area contributed by atoms with Crippen LogP contribution in [0.1, 0.15) is 39.3 Å². The summed E-state index contributed by atoms with van der Waals surface area (Å²) in [6.07, 6.45) is 0. The Hall–Kier alpha value is -0.870. The topological polar surface area (TPSA) is 41.1 Å². The third kappa shape index (κ3) is 3.82. The van der Waals surface area contributed by atoms with Crippen LogP contribution in [0, 0.1) is 0 Å². The van der Waals surface area contributed by atoms with E-state index in [2.05, 4.69) is 10.0 Å². The molecule has 0 aliphatic heterocycles. The molecule has 0 bridgehead atoms. The summed E-state index contributed by atoms with van der Waals surface area (Å²) in [7, 11) is 0.839. The first-order chi connectivity index (χ1) is 7.86. The van der Waals surface area contributed by atoms with Gasteiger partial charge in [0.25, 0.3) is 0 Å². The minimum absolute atomic E-state index is 0.0544. The molecule has 1 aromatic carbocycles. The Labute approximate surface area is 107 Å². The van der Waals surface area contributed by atoms with E-state index in [0.717, 1.165) is 11.3 Å². The molecule has 0 saturated heterocycles. The molecule has 1 rings (SSSR count). The van der Waals surface area contributed by atoms with Crippen LogP contribution in [-0.4, -0.2) is 16.0 Å². The molecular weight excluding hydrogens is 232 g/mol. The van der Waals surface area contributed by atoms with E-state index in [1.165, 1.54) is 0 Å². The molecule has 17 heavy (non-hydrogen) atoms. The van der Waals surface area contributed by atoms with Crippen molar-refractivity contribution in [3.63, 3.8) is 0 Å². The van der Waals surface area contributed by atoms with Crippen LogP contribution < -0.4 is 10.0 Å². The van der Waals surface area contributed by atoms with Gasteiger partial charge in [-0.3, -0.25) is 0 Å². The number of hydrogen-bond acceptors (Lipinski definition) is 2. The second kappa shape index (κ2) is 5.65. The molecule has 0 radical (unpaired) electrons. The average molecular weight is 254 g/mol. The molecule has 0 amide bonds. The van der Waals surface area contributed by atoms with Crippen LogP contribution in [0.4, 0.5) is 5.69 Å². The molecule has 2 N–H and O–H groups in total. The molecule has 1 aromatic rings. The maximum Gasteiger partial charge on any atom is 0.0975 e. The Morgan fingerprint density at radius 2 is 1.82 bits per heavy atom. The molecular formula is C13H22N2OS. The van der Waals surface area contributed by atoms with E-state index in [0.29, 0.717) is 0 Å². The van der Waals surface area contributed by atoms with Crippen molar-refractivity contribution in [1.29, 1.82) is 0 Å². The lowest BCUT2D eigenvalue weighted by molar-refractivity contribution is 0.616. The standard InChI is InChI=1S/C13H22N2OS/c1-10(15-17(16)13(2,3)4)11-8-6-7-9-12(11)14-5/h6-10,14-15H,1-5H3/t10-,17-/m1/s1. The predicted molar refractivity (Wildman–Crippen MR) is 75.4 cm³/mol. The summed E-state index contributed by atoms with van der Waals surface area (Å²) in [6, 6.07) is 8.10. The van der Waals surface area contributed by atoms with Crippen molar-refractivity contribution in [2.24, 2.45) is 0 Å². The summed E-state index contributed by atoms with van der Waals surface area (Å²) in [6.45, 7) is 7.92. The quantitative estimate of drug-likeness (QED) is 0.867. The fourth-order valence-electron chi connectivity index (χ4n) is 1.50. The lowest BCUT2D eigenvalue weighted by atomic mass is 10.1. The van der Waals surface area contributed by atoms with Crippen LogP contribution in [0.15, 0.2) is 24.3 Å². The number of hydrogen-bond donors (Lipinski definition) is 2. The summed E-state index contributed by atoms with van der Waals surface area (Å²) >= 11 is 0. The van der Waals surface area contributed by atoms with Gasteiger partial charge in [0.1, 0.15) is 0 Å². The van der Waals surface area contributed by atoms with E-state index in [9.17, 15) is 4.21 Å². The molecule has 0 saturated carbocycles. The third-order valence-corrected chi connectivity index (χ3v) is 4.22. The maximum absolute atomic E-state index is 12.0. The van der Waals surface area contributed by atoms with Crippen molar-refractivity contribution in [3.8, 4) is 0 Å². The van der Waals surface area contributed by atoms with Crippen LogP contribution in [0.2, 0.25) is 0 Å². The lowest BCUT2D eigenvalue weighted by Crippen LogP contribution is -2.35. The predicted octanol–water partition coefficient (Wildman–Crippen LogP) is 2.84. The normalized spacial score (nSPS) is 15.4. The van der Waals surface area contributed by atoms with Crippen LogP contribution in [0.3, 0.4) is 0 Å². The fraction of sp³-hybridized carbons (Fsp3) is 0.538. The van der Waals surface area contributed by atoms with Gasteiger partial charge in [-0.2, -0.15) is 0 Å². The van der Waals surface area contributed by atoms with Crippen LogP contribution in [0.25, 0.3) is 0 Å². The number of rotatable bonds is 4. The van der Waals surface area contributed by atoms with E-state index in [1.807, 2.05) is 59.0 Å². The van der Waals surface area contributed by atoms with E-state index < -0.39 is 11.0 Å². The van der Waals surface area contributed by atoms with E-state index in [1.54, 1.807) is 0 Å². The summed E-state index contributed by atoms with van der Waals surface area (Å²) in [4.78, 5) is 0. The zero-order chi connectivity index (χ0) is 13.1. The van der Waals surface area contributed by atoms with Crippen LogP contribution >= 0.6 is 0 Å². The first kappa shape index (κ1) is 14.2. The monoisotopic (exact) mass is 254 g/mol. The second-order valence-electron chi connectivity index (χ2n) is 5.06. The van der Waals surface area contributed by atoms with E-state index in [4.69, 9.17) is 0 Å². The van der Waals surface area contributed by atoms with Crippen molar-refractivity contribution in [1.82, 2.24) is 4.72 Å². The molecule has 0 aromatic heterocycles. The van der Waals surface area contributed by atoms with Gasteiger partial charge in [0.2, 0.25) is 0 Å². The van der Waals surface area contributed by atoms with Crippen molar-refractivity contribution in [2.45, 2.75) is 38.5 Å². The SMILES string of the molecule is CNc1ccccc1[C@@H](C)N[S@](=O)C(C)(C)C. The Morgan fingerprint density at radius 3 is 2.35 bits per heavy atom. The fourth-order valence-corrected chi connectivity index (χ4v) is 2.30. The Kier molecular flexibility index (Phi) is 4.71. The summed E-state index contributed by atoms with van der Waals surface area (Å²) in [5.74, 6) is 0. The van der Waals surface area contributed by atoms with Crippen molar-refractivity contribution < 1.29 is 4.21 Å². The van der Waals surface area contributed by atoms with Gasteiger partial charge in [-0.05, 0) is 39.3 Å². The van der Waals surface area contributed by atoms with Gasteiger partial charge in [-0.15, -0.1) is 0 Å². The third-order valence-electron chi connectivity index (χ3n) is 2.54. The zero-order valence-electron chi connectivity index (χ0n) is 11.2. The van der Waals surface area contributed by atoms with Crippen molar-refractivity contribution >= 4 is 16.7 Å². The van der Waals surface area contributed by atoms with E-state index >= 15 is 0 Å². The van der Waals surface area contributed by atoms with Crippen LogP contribution in [-0.2, 0) is 11.0 Å². The zero-order valence-corrected chi connectivity index (χ0v) is 12.0. The molecule has 0 aliphatic carbocycles. The van der Waals surface area contributed by atoms with Gasteiger partial charge in [-0.1, -0.05) is 18.2 Å². The van der Waals surface area contributed by atoms with Gasteiger partial charge in [-0.25, -0.2) is 8.93 Å². The van der Waals surface area contributed by atoms with Gasteiger partial charge in [0.05, 0.1) is 15.7 Å². The summed E-state index contributed by atoms with van der Waals surface area (Å²) in [5, 5.41) is 3.15. The summed E-state index contributed by atoms with van der Waals surface area (Å²) in [5.41, 5.74) is 2.20. The minimum atomic E-state index is -1.06. The maximum atomic E-state index is 12.0. The lowest BCUT2D eigenvalue weighted by Gasteiger charge is -2.23. The number of anilines is 1. The van der Waals surface area contributed by atoms with Gasteiger partial charge < -0.3 is 5.32 Å². The first-order valence-electron chi connectivity index (χ1n) is 5.81. The minimum Gasteiger partial charge on any atom is -0.388 e. The number of nitrogens with one attached hydrogen (secondary N) is 2. The summed E-state index contributed by atoms with van der Waals surface area (Å²) < 4.78 is 14.9. The van der Waals surface area contributed by atoms with Gasteiger partial charge >= 0.3 is 0 Å². The Bertz CT molecular complexity index is 399. The molecule has 2 atom stereocenters. The molecule has 96 valence electrons. The Morgan fingerprint density at radius 1 is 1.24 bits per heavy atom. The molecule has 0 spiro atoms. The van der Waals surface area contributed by atoms with Crippen molar-refractivity contribution in [3.05, 3.63) is 29.8 Å². The molecule has 0 unspecified atom stereocenters. The molecule has 0 heterocycles. The highest BCUT2D eigenvalue weighted by molar-refractivity contribution is 7.84. The van der Waals surface area contributed by atoms with Crippen molar-refractivity contribution in [2.75, 3.05) is 12.4 Å². The molecule has 0 aliphatic rings. The highest BCUT2D eigenvalue weighted by atomic mass is 32.2. The molecule has 0 fully saturated rings. The second-order valence-corrected chi connectivity index (χ2v) is 7.06. The van der Waals surface area contributed by atoms with Gasteiger partial charge in [0, 0.05) is 18.8 Å². The average Bonchev–Trinajstić information content (AvgIpc) is 2.27. The highest BCUT2D eigenvalue weighted by Crippen LogP contribution is 2.23. The molecule has 4 heteroatoms. The highest BCUT2D eigenvalue weighted by Gasteiger charge is 2.22. The smallest absolute Gasteiger partial charge is 0.0975 e. The number of para-hydroxylation sites is 1. The van der Waals surface area contributed by atoms with E-state index in [-0.39, 0.29) is 10.8 Å². The van der Waals surface area contributed by atoms with Gasteiger partial charge in [0.15, 0.2) is 0 Å². The number of benzene rings is 1. The largest absolute Gasteiger partial charge is 0.388 e.